The summed E-state index contributed by atoms with van der Waals surface area (Å²) in [6.07, 6.45) is 5.00. The summed E-state index contributed by atoms with van der Waals surface area (Å²) >= 11 is 3.38. The topological polar surface area (TPSA) is 57.8 Å². The summed E-state index contributed by atoms with van der Waals surface area (Å²) in [7, 11) is 0. The number of nitrogens with one attached hydrogen (secondary N) is 2. The molecule has 0 aliphatic rings. The molecular formula is C20H14BrN3O. The summed E-state index contributed by atoms with van der Waals surface area (Å²) in [6, 6.07) is 17.6. The summed E-state index contributed by atoms with van der Waals surface area (Å²) < 4.78 is 0.917. The Hall–Kier alpha value is -2.92. The number of hydrogen-bond acceptors (Lipinski definition) is 2. The van der Waals surface area contributed by atoms with Gasteiger partial charge in [-0.15, -0.1) is 0 Å². The smallest absolute Gasteiger partial charge is 0.248 e. The molecule has 122 valence electrons. The Bertz CT molecular complexity index is 1110. The van der Waals surface area contributed by atoms with Crippen LogP contribution in [0.2, 0.25) is 0 Å². The van der Waals surface area contributed by atoms with Crippen molar-refractivity contribution in [3.05, 3.63) is 77.0 Å². The zero-order valence-corrected chi connectivity index (χ0v) is 14.7. The van der Waals surface area contributed by atoms with Gasteiger partial charge in [-0.1, -0.05) is 40.2 Å². The molecule has 2 aromatic carbocycles. The number of H-pyrrole nitrogens is 1. The third-order valence-electron chi connectivity index (χ3n) is 3.91. The summed E-state index contributed by atoms with van der Waals surface area (Å²) in [5.74, 6) is -0.195. The van der Waals surface area contributed by atoms with E-state index in [4.69, 9.17) is 0 Å². The summed E-state index contributed by atoms with van der Waals surface area (Å²) in [6.45, 7) is 0. The molecule has 0 aliphatic carbocycles. The van der Waals surface area contributed by atoms with Gasteiger partial charge in [0, 0.05) is 32.5 Å². The molecule has 2 heterocycles. The average Bonchev–Trinajstić information content (AvgIpc) is 2.98. The number of anilines is 1. The van der Waals surface area contributed by atoms with Crippen LogP contribution >= 0.6 is 15.9 Å². The molecule has 4 rings (SSSR count). The molecule has 0 aliphatic heterocycles. The molecule has 25 heavy (non-hydrogen) atoms. The number of nitrogens with zero attached hydrogens (tertiary/aromatic N) is 1. The third kappa shape index (κ3) is 3.32. The van der Waals surface area contributed by atoms with Crippen molar-refractivity contribution < 1.29 is 4.79 Å². The monoisotopic (exact) mass is 391 g/mol. The van der Waals surface area contributed by atoms with Gasteiger partial charge in [0.25, 0.3) is 0 Å². The van der Waals surface area contributed by atoms with E-state index in [2.05, 4.69) is 37.3 Å². The first-order valence-corrected chi connectivity index (χ1v) is 8.59. The quantitative estimate of drug-likeness (QED) is 0.475. The van der Waals surface area contributed by atoms with E-state index in [1.165, 1.54) is 6.08 Å². The fourth-order valence-corrected chi connectivity index (χ4v) is 3.17. The highest BCUT2D eigenvalue weighted by molar-refractivity contribution is 9.10. The van der Waals surface area contributed by atoms with E-state index in [0.29, 0.717) is 0 Å². The number of rotatable bonds is 3. The van der Waals surface area contributed by atoms with Gasteiger partial charge < -0.3 is 10.3 Å². The Kier molecular flexibility index (Phi) is 4.07. The highest BCUT2D eigenvalue weighted by atomic mass is 79.9. The van der Waals surface area contributed by atoms with Crippen LogP contribution in [-0.4, -0.2) is 15.9 Å². The average molecular weight is 392 g/mol. The van der Waals surface area contributed by atoms with Crippen molar-refractivity contribution in [2.45, 2.75) is 0 Å². The van der Waals surface area contributed by atoms with Crippen LogP contribution in [-0.2, 0) is 4.79 Å². The number of carbonyl (C=O) groups is 1. The Balaban J connectivity index is 1.58. The van der Waals surface area contributed by atoms with Gasteiger partial charge in [-0.25, -0.2) is 0 Å². The third-order valence-corrected chi connectivity index (χ3v) is 4.40. The van der Waals surface area contributed by atoms with Crippen LogP contribution in [0.5, 0.6) is 0 Å². The lowest BCUT2D eigenvalue weighted by Gasteiger charge is -2.02. The number of carbonyl (C=O) groups excluding carboxylic acids is 1. The Morgan fingerprint density at radius 2 is 1.92 bits per heavy atom. The molecule has 0 bridgehead atoms. The van der Waals surface area contributed by atoms with Crippen molar-refractivity contribution in [2.75, 3.05) is 5.32 Å². The van der Waals surface area contributed by atoms with Crippen LogP contribution in [0.4, 0.5) is 5.69 Å². The second kappa shape index (κ2) is 6.53. The summed E-state index contributed by atoms with van der Waals surface area (Å²) in [5, 5.41) is 5.07. The van der Waals surface area contributed by atoms with E-state index in [9.17, 15) is 4.79 Å². The molecule has 4 aromatic rings. The van der Waals surface area contributed by atoms with Gasteiger partial charge >= 0.3 is 0 Å². The molecule has 0 radical (unpaired) electrons. The van der Waals surface area contributed by atoms with E-state index >= 15 is 0 Å². The van der Waals surface area contributed by atoms with E-state index in [-0.39, 0.29) is 5.91 Å². The molecule has 1 amide bonds. The molecule has 4 nitrogen and oxygen atoms in total. The highest BCUT2D eigenvalue weighted by Crippen LogP contribution is 2.25. The molecule has 0 saturated heterocycles. The number of para-hydroxylation sites is 1. The zero-order chi connectivity index (χ0) is 17.2. The maximum atomic E-state index is 12.1. The molecular weight excluding hydrogens is 378 g/mol. The van der Waals surface area contributed by atoms with E-state index < -0.39 is 0 Å². The van der Waals surface area contributed by atoms with Gasteiger partial charge in [0.05, 0.1) is 17.4 Å². The second-order valence-corrected chi connectivity index (χ2v) is 6.57. The normalized spacial score (nSPS) is 11.4. The zero-order valence-electron chi connectivity index (χ0n) is 13.2. The number of aromatic amines is 1. The molecule has 0 unspecified atom stereocenters. The van der Waals surface area contributed by atoms with Gasteiger partial charge in [-0.05, 0) is 36.4 Å². The van der Waals surface area contributed by atoms with Crippen LogP contribution in [0.3, 0.4) is 0 Å². The molecule has 0 fully saturated rings. The Morgan fingerprint density at radius 3 is 2.80 bits per heavy atom. The second-order valence-electron chi connectivity index (χ2n) is 5.66. The maximum absolute atomic E-state index is 12.1. The van der Waals surface area contributed by atoms with Crippen LogP contribution in [0.1, 0.15) is 5.69 Å². The van der Waals surface area contributed by atoms with Gasteiger partial charge in [-0.2, -0.15) is 0 Å². The fourth-order valence-electron chi connectivity index (χ4n) is 2.77. The largest absolute Gasteiger partial charge is 0.353 e. The molecule has 0 spiro atoms. The van der Waals surface area contributed by atoms with Crippen LogP contribution in [0, 0.1) is 0 Å². The standard InChI is InChI=1S/C20H14BrN3O/c21-13-4-3-5-15(10-13)23-20(25)9-8-14-11-17-16-6-1-2-7-18(16)24-19(17)12-22-14/h1-12,24H,(H,23,25)/b9-8+. The number of halogens is 1. The number of hydrogen-bond donors (Lipinski definition) is 2. The fraction of sp³-hybridized carbons (Fsp3) is 0. The number of benzene rings is 2. The van der Waals surface area contributed by atoms with Gasteiger partial charge in [0.1, 0.15) is 0 Å². The first-order chi connectivity index (χ1) is 12.2. The first-order valence-electron chi connectivity index (χ1n) is 7.80. The van der Waals surface area contributed by atoms with E-state index in [0.717, 1.165) is 37.7 Å². The minimum Gasteiger partial charge on any atom is -0.353 e. The minimum atomic E-state index is -0.195. The van der Waals surface area contributed by atoms with Crippen molar-refractivity contribution in [3.8, 4) is 0 Å². The summed E-state index contributed by atoms with van der Waals surface area (Å²) in [5.41, 5.74) is 3.54. The number of aromatic nitrogens is 2. The first kappa shape index (κ1) is 15.6. The van der Waals surface area contributed by atoms with Gasteiger partial charge in [0.2, 0.25) is 5.91 Å². The van der Waals surface area contributed by atoms with Crippen molar-refractivity contribution in [3.63, 3.8) is 0 Å². The SMILES string of the molecule is O=C(/C=C/c1cc2c(cn1)[nH]c1ccccc12)Nc1cccc(Br)c1. The van der Waals surface area contributed by atoms with Crippen molar-refractivity contribution in [2.24, 2.45) is 0 Å². The van der Waals surface area contributed by atoms with Crippen LogP contribution in [0.15, 0.2) is 71.3 Å². The van der Waals surface area contributed by atoms with Crippen molar-refractivity contribution >= 4 is 55.4 Å². The lowest BCUT2D eigenvalue weighted by Crippen LogP contribution is -2.07. The number of pyridine rings is 1. The number of amides is 1. The highest BCUT2D eigenvalue weighted by Gasteiger charge is 2.05. The van der Waals surface area contributed by atoms with Crippen molar-refractivity contribution in [1.82, 2.24) is 9.97 Å². The lowest BCUT2D eigenvalue weighted by molar-refractivity contribution is -0.111. The molecule has 0 atom stereocenters. The maximum Gasteiger partial charge on any atom is 0.248 e. The predicted molar refractivity (Wildman–Crippen MR) is 105 cm³/mol. The Morgan fingerprint density at radius 1 is 1.04 bits per heavy atom. The lowest BCUT2D eigenvalue weighted by atomic mass is 10.1. The molecule has 5 heteroatoms. The van der Waals surface area contributed by atoms with Gasteiger partial charge in [0.15, 0.2) is 0 Å². The summed E-state index contributed by atoms with van der Waals surface area (Å²) in [4.78, 5) is 19.8. The molecule has 0 saturated carbocycles. The van der Waals surface area contributed by atoms with Crippen LogP contribution < -0.4 is 5.32 Å². The molecule has 2 N–H and O–H groups in total. The minimum absolute atomic E-state index is 0.195. The molecule has 2 aromatic heterocycles. The van der Waals surface area contributed by atoms with Crippen molar-refractivity contribution in [1.29, 1.82) is 0 Å². The van der Waals surface area contributed by atoms with E-state index in [1.807, 2.05) is 48.5 Å². The van der Waals surface area contributed by atoms with E-state index in [1.54, 1.807) is 12.3 Å². The number of fused-ring (bicyclic) bond motifs is 3. The van der Waals surface area contributed by atoms with Crippen LogP contribution in [0.25, 0.3) is 27.9 Å². The van der Waals surface area contributed by atoms with Gasteiger partial charge in [-0.3, -0.25) is 9.78 Å². The Labute approximate surface area is 152 Å². The predicted octanol–water partition coefficient (Wildman–Crippen LogP) is 5.13.